The lowest BCUT2D eigenvalue weighted by atomic mass is 10.2. The fraction of sp³-hybridized carbons (Fsp3) is 0.350. The van der Waals surface area contributed by atoms with Gasteiger partial charge in [0.05, 0.1) is 18.1 Å². The zero-order chi connectivity index (χ0) is 21.9. The number of nitrogens with zero attached hydrogens (tertiary/aromatic N) is 2. The lowest BCUT2D eigenvalue weighted by molar-refractivity contribution is -0.384. The van der Waals surface area contributed by atoms with Crippen LogP contribution in [0.15, 0.2) is 47.5 Å². The number of hydrogen-bond acceptors (Lipinski definition) is 5. The van der Waals surface area contributed by atoms with Crippen LogP contribution in [-0.4, -0.2) is 30.6 Å². The number of aliphatic imine (C=N–C) groups is 1. The summed E-state index contributed by atoms with van der Waals surface area (Å²) in [6.07, 6.45) is 0. The summed E-state index contributed by atoms with van der Waals surface area (Å²) < 4.78 is 35.8. The third-order valence-electron chi connectivity index (χ3n) is 3.90. The van der Waals surface area contributed by atoms with Crippen molar-refractivity contribution in [2.75, 3.05) is 13.2 Å². The number of hydrogen-bond donors (Lipinski definition) is 2. The number of nitro groups is 1. The van der Waals surface area contributed by atoms with E-state index in [1.807, 2.05) is 6.92 Å². The van der Waals surface area contributed by atoms with Crippen LogP contribution in [0.4, 0.5) is 14.5 Å². The fourth-order valence-corrected chi connectivity index (χ4v) is 2.65. The summed E-state index contributed by atoms with van der Waals surface area (Å²) in [5.41, 5.74) is 1.13. The van der Waals surface area contributed by atoms with Crippen molar-refractivity contribution in [3.8, 4) is 11.5 Å². The summed E-state index contributed by atoms with van der Waals surface area (Å²) in [5, 5.41) is 17.0. The second-order valence-electron chi connectivity index (χ2n) is 6.03. The summed E-state index contributed by atoms with van der Waals surface area (Å²) in [4.78, 5) is 14.8. The van der Waals surface area contributed by atoms with E-state index >= 15 is 0 Å². The van der Waals surface area contributed by atoms with Crippen molar-refractivity contribution in [1.29, 1.82) is 0 Å². The molecule has 0 aliphatic rings. The van der Waals surface area contributed by atoms with Gasteiger partial charge in [-0.3, -0.25) is 10.1 Å². The molecule has 0 unspecified atom stereocenters. The van der Waals surface area contributed by atoms with Crippen molar-refractivity contribution in [3.05, 3.63) is 63.7 Å². The number of non-ortho nitro benzene ring substituents is 1. The van der Waals surface area contributed by atoms with Crippen LogP contribution in [0.5, 0.6) is 11.5 Å². The molecule has 8 nitrogen and oxygen atoms in total. The molecule has 0 atom stereocenters. The van der Waals surface area contributed by atoms with Crippen LogP contribution in [-0.2, 0) is 13.1 Å². The van der Waals surface area contributed by atoms with Crippen molar-refractivity contribution < 1.29 is 23.2 Å². The summed E-state index contributed by atoms with van der Waals surface area (Å²) >= 11 is 0. The number of nitro benzene ring substituents is 1. The maximum absolute atomic E-state index is 12.9. The average molecular weight is 550 g/mol. The van der Waals surface area contributed by atoms with E-state index in [-0.39, 0.29) is 54.3 Å². The van der Waals surface area contributed by atoms with Crippen LogP contribution in [0.1, 0.15) is 25.0 Å². The predicted octanol–water partition coefficient (Wildman–Crippen LogP) is 4.47. The number of para-hydroxylation sites is 1. The number of guanidine groups is 1. The molecule has 0 amide bonds. The molecule has 170 valence electrons. The molecule has 0 spiro atoms. The number of alkyl halides is 2. The molecule has 0 bridgehead atoms. The number of nitrogens with one attached hydrogen (secondary N) is 2. The van der Waals surface area contributed by atoms with Gasteiger partial charge < -0.3 is 20.1 Å². The molecular formula is C20H25F2IN4O4. The molecule has 31 heavy (non-hydrogen) atoms. The first-order valence-corrected chi connectivity index (χ1v) is 9.39. The standard InChI is InChI=1S/C20H24F2N4O4.HI/c1-3-23-20(24-12-14-7-5-9-16(11-14)26(27)28)25-13-15-8-6-10-17(29-4-2)18(15)30-19(21)22;/h5-11,19H,3-4,12-13H2,1-2H3,(H2,23,24,25);1H. The molecule has 0 aliphatic heterocycles. The van der Waals surface area contributed by atoms with Gasteiger partial charge in [0.15, 0.2) is 17.5 Å². The third-order valence-corrected chi connectivity index (χ3v) is 3.90. The van der Waals surface area contributed by atoms with Gasteiger partial charge in [-0.05, 0) is 25.5 Å². The Hall–Kier alpha value is -2.70. The number of benzene rings is 2. The summed E-state index contributed by atoms with van der Waals surface area (Å²) in [5.74, 6) is 0.626. The van der Waals surface area contributed by atoms with Gasteiger partial charge in [0, 0.05) is 30.8 Å². The molecule has 0 aromatic heterocycles. The molecule has 11 heteroatoms. The molecule has 0 heterocycles. The van der Waals surface area contributed by atoms with Gasteiger partial charge in [-0.15, -0.1) is 24.0 Å². The topological polar surface area (TPSA) is 98.0 Å². The molecular weight excluding hydrogens is 525 g/mol. The van der Waals surface area contributed by atoms with Crippen LogP contribution in [0.3, 0.4) is 0 Å². The van der Waals surface area contributed by atoms with Gasteiger partial charge in [-0.25, -0.2) is 4.99 Å². The van der Waals surface area contributed by atoms with E-state index in [4.69, 9.17) is 4.74 Å². The Morgan fingerprint density at radius 1 is 1.19 bits per heavy atom. The highest BCUT2D eigenvalue weighted by Crippen LogP contribution is 2.32. The van der Waals surface area contributed by atoms with Crippen molar-refractivity contribution in [2.45, 2.75) is 33.5 Å². The second-order valence-corrected chi connectivity index (χ2v) is 6.03. The lowest BCUT2D eigenvalue weighted by Gasteiger charge is -2.17. The quantitative estimate of drug-likeness (QED) is 0.149. The average Bonchev–Trinajstić information content (AvgIpc) is 2.72. The smallest absolute Gasteiger partial charge is 0.387 e. The third kappa shape index (κ3) is 8.52. The molecule has 0 fully saturated rings. The van der Waals surface area contributed by atoms with Gasteiger partial charge >= 0.3 is 6.61 Å². The van der Waals surface area contributed by atoms with Gasteiger partial charge in [-0.1, -0.05) is 24.3 Å². The van der Waals surface area contributed by atoms with Crippen LogP contribution in [0.25, 0.3) is 0 Å². The largest absolute Gasteiger partial charge is 0.490 e. The Morgan fingerprint density at radius 2 is 1.94 bits per heavy atom. The van der Waals surface area contributed by atoms with Crippen molar-refractivity contribution >= 4 is 35.6 Å². The monoisotopic (exact) mass is 550 g/mol. The lowest BCUT2D eigenvalue weighted by Crippen LogP contribution is -2.36. The van der Waals surface area contributed by atoms with Crippen LogP contribution in [0, 0.1) is 10.1 Å². The minimum atomic E-state index is -2.99. The summed E-state index contributed by atoms with van der Waals surface area (Å²) in [6, 6.07) is 11.1. The molecule has 2 rings (SSSR count). The van der Waals surface area contributed by atoms with E-state index in [1.165, 1.54) is 12.1 Å². The summed E-state index contributed by atoms with van der Waals surface area (Å²) in [6.45, 7) is 1.89. The molecule has 0 saturated heterocycles. The van der Waals surface area contributed by atoms with Crippen LogP contribution in [0.2, 0.25) is 0 Å². The van der Waals surface area contributed by atoms with Crippen LogP contribution < -0.4 is 20.1 Å². The van der Waals surface area contributed by atoms with Crippen molar-refractivity contribution in [3.63, 3.8) is 0 Å². The number of halogens is 3. The minimum Gasteiger partial charge on any atom is -0.490 e. The number of ether oxygens (including phenoxy) is 2. The van der Waals surface area contributed by atoms with Gasteiger partial charge in [0.1, 0.15) is 0 Å². The molecule has 0 saturated carbocycles. The zero-order valence-corrected chi connectivity index (χ0v) is 19.5. The first-order chi connectivity index (χ1) is 14.4. The highest BCUT2D eigenvalue weighted by molar-refractivity contribution is 14.0. The van der Waals surface area contributed by atoms with Gasteiger partial charge in [0.25, 0.3) is 5.69 Å². The van der Waals surface area contributed by atoms with Gasteiger partial charge in [-0.2, -0.15) is 8.78 Å². The molecule has 2 aromatic carbocycles. The molecule has 2 N–H and O–H groups in total. The fourth-order valence-electron chi connectivity index (χ4n) is 2.65. The Labute approximate surface area is 196 Å². The van der Waals surface area contributed by atoms with E-state index < -0.39 is 11.5 Å². The van der Waals surface area contributed by atoms with E-state index in [0.29, 0.717) is 30.2 Å². The molecule has 2 aromatic rings. The van der Waals surface area contributed by atoms with Crippen molar-refractivity contribution in [1.82, 2.24) is 10.6 Å². The van der Waals surface area contributed by atoms with E-state index in [0.717, 1.165) is 0 Å². The first-order valence-electron chi connectivity index (χ1n) is 9.39. The highest BCUT2D eigenvalue weighted by Gasteiger charge is 2.16. The summed E-state index contributed by atoms with van der Waals surface area (Å²) in [7, 11) is 0. The van der Waals surface area contributed by atoms with Gasteiger partial charge in [0.2, 0.25) is 0 Å². The van der Waals surface area contributed by atoms with E-state index in [1.54, 1.807) is 37.3 Å². The molecule has 0 aliphatic carbocycles. The Bertz CT molecular complexity index is 884. The SMILES string of the molecule is CCNC(=NCc1cccc([N+](=O)[O-])c1)NCc1cccc(OCC)c1OC(F)F.I. The van der Waals surface area contributed by atoms with Crippen molar-refractivity contribution in [2.24, 2.45) is 4.99 Å². The maximum Gasteiger partial charge on any atom is 0.387 e. The van der Waals surface area contributed by atoms with Crippen LogP contribution >= 0.6 is 24.0 Å². The predicted molar refractivity (Wildman–Crippen MR) is 124 cm³/mol. The first kappa shape index (κ1) is 26.3. The number of rotatable bonds is 10. The Kier molecular flexibility index (Phi) is 11.5. The van der Waals surface area contributed by atoms with E-state index in [9.17, 15) is 18.9 Å². The normalized spacial score (nSPS) is 10.9. The Balaban J connectivity index is 0.00000480. The second kappa shape index (κ2) is 13.6. The Morgan fingerprint density at radius 3 is 2.58 bits per heavy atom. The van der Waals surface area contributed by atoms with E-state index in [2.05, 4.69) is 20.4 Å². The maximum atomic E-state index is 12.9. The molecule has 0 radical (unpaired) electrons. The zero-order valence-electron chi connectivity index (χ0n) is 17.1. The highest BCUT2D eigenvalue weighted by atomic mass is 127. The minimum absolute atomic E-state index is 0.